The number of carbonyl (C=O) groups excluding carboxylic acids is 1. The molecule has 1 aliphatic rings. The van der Waals surface area contributed by atoms with E-state index in [4.69, 9.17) is 4.74 Å². The number of amides is 1. The third-order valence-corrected chi connectivity index (χ3v) is 3.09. The van der Waals surface area contributed by atoms with Gasteiger partial charge in [-0.15, -0.1) is 0 Å². The lowest BCUT2D eigenvalue weighted by atomic mass is 10.1. The predicted molar refractivity (Wildman–Crippen MR) is 75.3 cm³/mol. The van der Waals surface area contributed by atoms with Crippen LogP contribution in [0.5, 0.6) is 11.5 Å². The molecule has 4 heteroatoms. The van der Waals surface area contributed by atoms with Gasteiger partial charge in [-0.25, -0.2) is 0 Å². The van der Waals surface area contributed by atoms with Crippen molar-refractivity contribution in [2.45, 2.75) is 6.92 Å². The molecule has 4 nitrogen and oxygen atoms in total. The van der Waals surface area contributed by atoms with E-state index in [0.29, 0.717) is 0 Å². The van der Waals surface area contributed by atoms with Crippen LogP contribution in [0.15, 0.2) is 42.5 Å². The molecule has 0 radical (unpaired) electrons. The lowest BCUT2D eigenvalue weighted by molar-refractivity contribution is -0.114. The average molecular weight is 254 g/mol. The van der Waals surface area contributed by atoms with Gasteiger partial charge in [-0.05, 0) is 24.3 Å². The zero-order valence-corrected chi connectivity index (χ0v) is 10.8. The second-order valence-electron chi connectivity index (χ2n) is 4.49. The van der Waals surface area contributed by atoms with Crippen molar-refractivity contribution < 1.29 is 9.53 Å². The molecule has 1 aliphatic heterocycles. The number of nitrogens with zero attached hydrogens (tertiary/aromatic N) is 1. The summed E-state index contributed by atoms with van der Waals surface area (Å²) < 4.78 is 5.88. The molecule has 19 heavy (non-hydrogen) atoms. The van der Waals surface area contributed by atoms with Gasteiger partial charge in [0.05, 0.1) is 11.4 Å². The van der Waals surface area contributed by atoms with Crippen molar-refractivity contribution in [2.24, 2.45) is 0 Å². The maximum absolute atomic E-state index is 11.1. The van der Waals surface area contributed by atoms with Crippen LogP contribution in [0, 0.1) is 0 Å². The number of carbonyl (C=O) groups is 1. The molecule has 0 saturated carbocycles. The van der Waals surface area contributed by atoms with Crippen molar-refractivity contribution in [3.05, 3.63) is 42.5 Å². The number of ether oxygens (including phenoxy) is 1. The first kappa shape index (κ1) is 11.6. The van der Waals surface area contributed by atoms with Crippen molar-refractivity contribution in [3.8, 4) is 11.5 Å². The van der Waals surface area contributed by atoms with Gasteiger partial charge in [-0.1, -0.05) is 12.1 Å². The van der Waals surface area contributed by atoms with E-state index in [0.717, 1.165) is 28.6 Å². The molecular weight excluding hydrogens is 240 g/mol. The van der Waals surface area contributed by atoms with Crippen LogP contribution in [0.3, 0.4) is 0 Å². The minimum Gasteiger partial charge on any atom is -0.453 e. The summed E-state index contributed by atoms with van der Waals surface area (Å²) in [5.74, 6) is 1.47. The first-order valence-electron chi connectivity index (χ1n) is 6.07. The lowest BCUT2D eigenvalue weighted by Gasteiger charge is -2.29. The molecule has 1 amide bonds. The molecule has 0 aromatic heterocycles. The standard InChI is InChI=1S/C15H14N2O2/c1-10(18)16-11-7-8-13-15(9-11)19-14-6-4-3-5-12(14)17(13)2/h3-9H,1-2H3,(H,16,18). The van der Waals surface area contributed by atoms with E-state index in [2.05, 4.69) is 10.2 Å². The first-order valence-corrected chi connectivity index (χ1v) is 6.07. The Hall–Kier alpha value is -2.49. The van der Waals surface area contributed by atoms with Crippen molar-refractivity contribution in [3.63, 3.8) is 0 Å². The minimum atomic E-state index is -0.0930. The molecule has 0 saturated heterocycles. The fourth-order valence-electron chi connectivity index (χ4n) is 2.22. The van der Waals surface area contributed by atoms with Crippen LogP contribution in [0.2, 0.25) is 0 Å². The normalized spacial score (nSPS) is 12.2. The summed E-state index contributed by atoms with van der Waals surface area (Å²) in [5.41, 5.74) is 2.74. The Balaban J connectivity index is 2.03. The van der Waals surface area contributed by atoms with Crippen LogP contribution in [0.1, 0.15) is 6.92 Å². The summed E-state index contributed by atoms with van der Waals surface area (Å²) in [6.07, 6.45) is 0. The van der Waals surface area contributed by atoms with E-state index in [1.165, 1.54) is 6.92 Å². The highest BCUT2D eigenvalue weighted by atomic mass is 16.5. The van der Waals surface area contributed by atoms with E-state index < -0.39 is 0 Å². The van der Waals surface area contributed by atoms with Gasteiger partial charge in [0.2, 0.25) is 5.91 Å². The Morgan fingerprint density at radius 3 is 2.63 bits per heavy atom. The summed E-state index contributed by atoms with van der Waals surface area (Å²) in [6.45, 7) is 1.49. The lowest BCUT2D eigenvalue weighted by Crippen LogP contribution is -2.16. The number of hydrogen-bond acceptors (Lipinski definition) is 3. The molecule has 0 atom stereocenters. The number of fused-ring (bicyclic) bond motifs is 2. The van der Waals surface area contributed by atoms with Crippen LogP contribution >= 0.6 is 0 Å². The van der Waals surface area contributed by atoms with E-state index in [9.17, 15) is 4.79 Å². The van der Waals surface area contributed by atoms with E-state index in [-0.39, 0.29) is 5.91 Å². The fourth-order valence-corrected chi connectivity index (χ4v) is 2.22. The summed E-state index contributed by atoms with van der Waals surface area (Å²) in [7, 11) is 2.00. The third-order valence-electron chi connectivity index (χ3n) is 3.09. The van der Waals surface area contributed by atoms with Gasteiger partial charge in [-0.3, -0.25) is 4.79 Å². The van der Waals surface area contributed by atoms with Crippen molar-refractivity contribution in [1.29, 1.82) is 0 Å². The van der Waals surface area contributed by atoms with Gasteiger partial charge in [0, 0.05) is 25.7 Å². The average Bonchev–Trinajstić information content (AvgIpc) is 2.38. The number of anilines is 3. The van der Waals surface area contributed by atoms with Gasteiger partial charge in [0.15, 0.2) is 11.5 Å². The monoisotopic (exact) mass is 254 g/mol. The third kappa shape index (κ3) is 2.01. The van der Waals surface area contributed by atoms with Crippen LogP contribution < -0.4 is 15.0 Å². The smallest absolute Gasteiger partial charge is 0.221 e. The quantitative estimate of drug-likeness (QED) is 0.846. The second kappa shape index (κ2) is 4.31. The predicted octanol–water partition coefficient (Wildman–Crippen LogP) is 3.52. The molecule has 0 unspecified atom stereocenters. The highest BCUT2D eigenvalue weighted by molar-refractivity contribution is 5.90. The topological polar surface area (TPSA) is 41.6 Å². The number of benzene rings is 2. The van der Waals surface area contributed by atoms with Crippen LogP contribution in [0.25, 0.3) is 0 Å². The largest absolute Gasteiger partial charge is 0.453 e. The van der Waals surface area contributed by atoms with Gasteiger partial charge in [0.25, 0.3) is 0 Å². The highest BCUT2D eigenvalue weighted by Gasteiger charge is 2.21. The van der Waals surface area contributed by atoms with Gasteiger partial charge in [-0.2, -0.15) is 0 Å². The van der Waals surface area contributed by atoms with E-state index in [1.807, 2.05) is 49.5 Å². The van der Waals surface area contributed by atoms with Crippen molar-refractivity contribution in [1.82, 2.24) is 0 Å². The Kier molecular flexibility index (Phi) is 2.63. The highest BCUT2D eigenvalue weighted by Crippen LogP contribution is 2.46. The number of nitrogens with one attached hydrogen (secondary N) is 1. The Bertz CT molecular complexity index is 652. The SMILES string of the molecule is CC(=O)Nc1ccc2c(c1)Oc1ccccc1N2C. The van der Waals surface area contributed by atoms with Gasteiger partial charge < -0.3 is 15.0 Å². The Morgan fingerprint density at radius 2 is 1.84 bits per heavy atom. The molecule has 2 aromatic rings. The Morgan fingerprint density at radius 1 is 1.11 bits per heavy atom. The molecule has 3 rings (SSSR count). The molecule has 1 heterocycles. The van der Waals surface area contributed by atoms with Gasteiger partial charge >= 0.3 is 0 Å². The summed E-state index contributed by atoms with van der Waals surface area (Å²) in [4.78, 5) is 13.2. The fraction of sp³-hybridized carbons (Fsp3) is 0.133. The van der Waals surface area contributed by atoms with Crippen molar-refractivity contribution in [2.75, 3.05) is 17.3 Å². The molecule has 0 bridgehead atoms. The molecule has 2 aromatic carbocycles. The number of hydrogen-bond donors (Lipinski definition) is 1. The molecule has 0 aliphatic carbocycles. The molecule has 96 valence electrons. The second-order valence-corrected chi connectivity index (χ2v) is 4.49. The zero-order valence-electron chi connectivity index (χ0n) is 10.8. The van der Waals surface area contributed by atoms with Crippen LogP contribution in [0.4, 0.5) is 17.1 Å². The molecule has 0 spiro atoms. The summed E-state index contributed by atoms with van der Waals surface area (Å²) in [5, 5.41) is 2.76. The van der Waals surface area contributed by atoms with E-state index >= 15 is 0 Å². The molecule has 0 fully saturated rings. The molecule has 1 N–H and O–H groups in total. The molecular formula is C15H14N2O2. The van der Waals surface area contributed by atoms with Crippen LogP contribution in [-0.2, 0) is 4.79 Å². The van der Waals surface area contributed by atoms with Crippen LogP contribution in [-0.4, -0.2) is 13.0 Å². The number of para-hydroxylation sites is 2. The summed E-state index contributed by atoms with van der Waals surface area (Å²) >= 11 is 0. The zero-order chi connectivity index (χ0) is 13.4. The maximum Gasteiger partial charge on any atom is 0.221 e. The summed E-state index contributed by atoms with van der Waals surface area (Å²) in [6, 6.07) is 13.5. The minimum absolute atomic E-state index is 0.0930. The first-order chi connectivity index (χ1) is 9.15. The Labute approximate surface area is 111 Å². The maximum atomic E-state index is 11.1. The van der Waals surface area contributed by atoms with Gasteiger partial charge in [0.1, 0.15) is 0 Å². The number of rotatable bonds is 1. The van der Waals surface area contributed by atoms with Crippen molar-refractivity contribution >= 4 is 23.0 Å². The van der Waals surface area contributed by atoms with E-state index in [1.54, 1.807) is 0 Å².